The molecular formula is C20H23N5OS. The van der Waals surface area contributed by atoms with Crippen LogP contribution in [0.2, 0.25) is 0 Å². The summed E-state index contributed by atoms with van der Waals surface area (Å²) in [6, 6.07) is 8.22. The van der Waals surface area contributed by atoms with Crippen molar-refractivity contribution in [2.45, 2.75) is 18.9 Å². The minimum Gasteiger partial charge on any atom is -0.350 e. The van der Waals surface area contributed by atoms with Gasteiger partial charge in [0.15, 0.2) is 0 Å². The molecule has 1 atom stereocenters. The third-order valence-corrected chi connectivity index (χ3v) is 5.91. The molecule has 3 aromatic heterocycles. The first-order chi connectivity index (χ1) is 13.2. The van der Waals surface area contributed by atoms with Crippen molar-refractivity contribution in [3.05, 3.63) is 58.7 Å². The molecule has 4 rings (SSSR count). The van der Waals surface area contributed by atoms with Crippen LogP contribution in [0.5, 0.6) is 0 Å². The van der Waals surface area contributed by atoms with Gasteiger partial charge in [0.25, 0.3) is 5.91 Å². The molecule has 1 aliphatic rings. The van der Waals surface area contributed by atoms with E-state index in [-0.39, 0.29) is 11.9 Å². The number of aryl methyl sites for hydroxylation is 1. The third-order valence-electron chi connectivity index (χ3n) is 4.94. The number of thiophene rings is 1. The highest BCUT2D eigenvalue weighted by atomic mass is 32.1. The monoisotopic (exact) mass is 381 g/mol. The summed E-state index contributed by atoms with van der Waals surface area (Å²) >= 11 is 1.75. The fourth-order valence-electron chi connectivity index (χ4n) is 3.61. The minimum atomic E-state index is -0.0873. The molecule has 1 aliphatic heterocycles. The van der Waals surface area contributed by atoms with Gasteiger partial charge < -0.3 is 5.32 Å². The van der Waals surface area contributed by atoms with Crippen LogP contribution >= 0.6 is 11.3 Å². The molecule has 1 amide bonds. The van der Waals surface area contributed by atoms with Crippen molar-refractivity contribution in [3.8, 4) is 11.3 Å². The summed E-state index contributed by atoms with van der Waals surface area (Å²) in [5, 5.41) is 9.72. The average molecular weight is 382 g/mol. The number of pyridine rings is 1. The van der Waals surface area contributed by atoms with Gasteiger partial charge in [-0.25, -0.2) is 0 Å². The lowest BCUT2D eigenvalue weighted by molar-refractivity contribution is 0.0939. The Labute approximate surface area is 162 Å². The minimum absolute atomic E-state index is 0.0873. The fraction of sp³-hybridized carbons (Fsp3) is 0.350. The van der Waals surface area contributed by atoms with Crippen molar-refractivity contribution in [2.75, 3.05) is 19.6 Å². The van der Waals surface area contributed by atoms with Gasteiger partial charge in [0.1, 0.15) is 5.69 Å². The molecule has 27 heavy (non-hydrogen) atoms. The van der Waals surface area contributed by atoms with Crippen molar-refractivity contribution < 1.29 is 4.79 Å². The normalized spacial score (nSPS) is 15.7. The summed E-state index contributed by atoms with van der Waals surface area (Å²) in [6.45, 7) is 2.78. The molecule has 0 unspecified atom stereocenters. The fourth-order valence-corrected chi connectivity index (χ4v) is 4.47. The second kappa shape index (κ2) is 8.02. The van der Waals surface area contributed by atoms with E-state index in [1.165, 1.54) is 17.7 Å². The highest BCUT2D eigenvalue weighted by Gasteiger charge is 2.25. The van der Waals surface area contributed by atoms with E-state index in [1.807, 2.05) is 19.2 Å². The molecule has 0 radical (unpaired) electrons. The molecule has 0 spiro atoms. The second-order valence-electron chi connectivity index (χ2n) is 6.79. The number of hydrogen-bond donors (Lipinski definition) is 1. The number of carbonyl (C=O) groups is 1. The maximum atomic E-state index is 12.9. The van der Waals surface area contributed by atoms with Crippen LogP contribution in [0, 0.1) is 0 Å². The first kappa shape index (κ1) is 17.9. The Balaban J connectivity index is 1.52. The SMILES string of the molecule is Cn1cc(C(=O)NC[C@@H](c2cccs2)N2CCCC2)c(-c2ccncc2)n1. The van der Waals surface area contributed by atoms with Crippen LogP contribution in [-0.4, -0.2) is 45.2 Å². The quantitative estimate of drug-likeness (QED) is 0.713. The Kier molecular flexibility index (Phi) is 5.31. The molecule has 7 heteroatoms. The maximum absolute atomic E-state index is 12.9. The standard InChI is InChI=1S/C20H23N5OS/c1-24-14-16(19(23-24)15-6-8-21-9-7-15)20(26)22-13-17(18-5-4-12-27-18)25-10-2-3-11-25/h4-9,12,14,17H,2-3,10-11,13H2,1H3,(H,22,26)/t17-/m0/s1. The van der Waals surface area contributed by atoms with Crippen molar-refractivity contribution in [1.29, 1.82) is 0 Å². The van der Waals surface area contributed by atoms with Crippen LogP contribution in [0.15, 0.2) is 48.2 Å². The zero-order valence-corrected chi connectivity index (χ0v) is 16.2. The lowest BCUT2D eigenvalue weighted by Gasteiger charge is -2.26. The van der Waals surface area contributed by atoms with E-state index in [0.29, 0.717) is 17.8 Å². The largest absolute Gasteiger partial charge is 0.350 e. The molecule has 6 nitrogen and oxygen atoms in total. The predicted octanol–water partition coefficient (Wildman–Crippen LogP) is 3.11. The van der Waals surface area contributed by atoms with E-state index in [9.17, 15) is 4.79 Å². The van der Waals surface area contributed by atoms with E-state index in [1.54, 1.807) is 34.6 Å². The lowest BCUT2D eigenvalue weighted by Crippen LogP contribution is -2.36. The topological polar surface area (TPSA) is 63.1 Å². The van der Waals surface area contributed by atoms with Gasteiger partial charge in [-0.1, -0.05) is 6.07 Å². The van der Waals surface area contributed by atoms with Crippen LogP contribution < -0.4 is 5.32 Å². The highest BCUT2D eigenvalue weighted by molar-refractivity contribution is 7.10. The van der Waals surface area contributed by atoms with Crippen molar-refractivity contribution in [2.24, 2.45) is 7.05 Å². The first-order valence-corrected chi connectivity index (χ1v) is 10.1. The Morgan fingerprint density at radius 2 is 2.04 bits per heavy atom. The van der Waals surface area contributed by atoms with Crippen LogP contribution in [0.4, 0.5) is 0 Å². The van der Waals surface area contributed by atoms with E-state index in [0.717, 1.165) is 18.7 Å². The Bertz CT molecular complexity index is 885. The molecular weight excluding hydrogens is 358 g/mol. The number of carbonyl (C=O) groups excluding carboxylic acids is 1. The average Bonchev–Trinajstić information content (AvgIpc) is 3.45. The second-order valence-corrected chi connectivity index (χ2v) is 7.76. The summed E-state index contributed by atoms with van der Waals surface area (Å²) in [5.41, 5.74) is 2.17. The molecule has 4 heterocycles. The molecule has 1 saturated heterocycles. The van der Waals surface area contributed by atoms with Gasteiger partial charge in [-0.3, -0.25) is 19.4 Å². The maximum Gasteiger partial charge on any atom is 0.255 e. The molecule has 1 N–H and O–H groups in total. The number of rotatable bonds is 6. The van der Waals surface area contributed by atoms with Crippen molar-refractivity contribution >= 4 is 17.2 Å². The summed E-state index contributed by atoms with van der Waals surface area (Å²) in [4.78, 5) is 20.8. The molecule has 0 bridgehead atoms. The van der Waals surface area contributed by atoms with E-state index >= 15 is 0 Å². The first-order valence-electron chi connectivity index (χ1n) is 9.22. The van der Waals surface area contributed by atoms with Gasteiger partial charge in [-0.15, -0.1) is 11.3 Å². The molecule has 3 aromatic rings. The van der Waals surface area contributed by atoms with Gasteiger partial charge in [-0.2, -0.15) is 5.10 Å². The Morgan fingerprint density at radius 3 is 2.74 bits per heavy atom. The highest BCUT2D eigenvalue weighted by Crippen LogP contribution is 2.28. The summed E-state index contributed by atoms with van der Waals surface area (Å²) < 4.78 is 1.68. The van der Waals surface area contributed by atoms with Gasteiger partial charge in [0.05, 0.1) is 11.6 Å². The number of nitrogens with one attached hydrogen (secondary N) is 1. The zero-order chi connectivity index (χ0) is 18.6. The van der Waals surface area contributed by atoms with Crippen LogP contribution in [0.3, 0.4) is 0 Å². The van der Waals surface area contributed by atoms with Crippen LogP contribution in [0.25, 0.3) is 11.3 Å². The summed E-state index contributed by atoms with van der Waals surface area (Å²) in [5.74, 6) is -0.0873. The van der Waals surface area contributed by atoms with Crippen molar-refractivity contribution in [1.82, 2.24) is 25.0 Å². The number of aromatic nitrogens is 3. The summed E-state index contributed by atoms with van der Waals surface area (Å²) in [7, 11) is 1.83. The van der Waals surface area contributed by atoms with Crippen LogP contribution in [0.1, 0.15) is 34.1 Å². The van der Waals surface area contributed by atoms with Gasteiger partial charge in [-0.05, 0) is 49.5 Å². The summed E-state index contributed by atoms with van der Waals surface area (Å²) in [6.07, 6.45) is 7.66. The molecule has 0 aliphatic carbocycles. The number of nitrogens with zero attached hydrogens (tertiary/aromatic N) is 4. The van der Waals surface area contributed by atoms with E-state index in [2.05, 4.69) is 37.8 Å². The molecule has 0 aromatic carbocycles. The van der Waals surface area contributed by atoms with Crippen LogP contribution in [-0.2, 0) is 7.05 Å². The number of likely N-dealkylation sites (tertiary alicyclic amines) is 1. The van der Waals surface area contributed by atoms with Gasteiger partial charge >= 0.3 is 0 Å². The van der Waals surface area contributed by atoms with Crippen molar-refractivity contribution in [3.63, 3.8) is 0 Å². The Morgan fingerprint density at radius 1 is 1.26 bits per heavy atom. The van der Waals surface area contributed by atoms with Gasteiger partial charge in [0, 0.05) is 42.6 Å². The van der Waals surface area contributed by atoms with Gasteiger partial charge in [0.2, 0.25) is 0 Å². The zero-order valence-electron chi connectivity index (χ0n) is 15.3. The third kappa shape index (κ3) is 3.94. The predicted molar refractivity (Wildman–Crippen MR) is 107 cm³/mol. The number of amides is 1. The smallest absolute Gasteiger partial charge is 0.255 e. The molecule has 0 saturated carbocycles. The lowest BCUT2D eigenvalue weighted by atomic mass is 10.1. The molecule has 140 valence electrons. The molecule has 1 fully saturated rings. The van der Waals surface area contributed by atoms with E-state index < -0.39 is 0 Å². The Hall–Kier alpha value is -2.51. The number of hydrogen-bond acceptors (Lipinski definition) is 5. The van der Waals surface area contributed by atoms with E-state index in [4.69, 9.17) is 0 Å².